The smallest absolute Gasteiger partial charge is 0.326 e. The molecule has 4 aromatic carbocycles. The van der Waals surface area contributed by atoms with Crippen molar-refractivity contribution in [2.75, 3.05) is 4.72 Å². The van der Waals surface area contributed by atoms with E-state index in [4.69, 9.17) is 23.2 Å². The fourth-order valence-corrected chi connectivity index (χ4v) is 5.61. The van der Waals surface area contributed by atoms with Crippen LogP contribution >= 0.6 is 39.1 Å². The summed E-state index contributed by atoms with van der Waals surface area (Å²) in [5, 5.41) is 12.6. The van der Waals surface area contributed by atoms with Gasteiger partial charge in [-0.25, -0.2) is 13.2 Å². The maximum Gasteiger partial charge on any atom is 0.326 e. The highest BCUT2D eigenvalue weighted by molar-refractivity contribution is 9.10. The molecule has 0 unspecified atom stereocenters. The number of hydrogen-bond acceptors (Lipinski definition) is 4. The van der Waals surface area contributed by atoms with Gasteiger partial charge in [-0.1, -0.05) is 93.7 Å². The number of amides is 1. The summed E-state index contributed by atoms with van der Waals surface area (Å²) in [7, 11) is -4.15. The number of aliphatic carboxylic acids is 1. The molecular formula is C28H21BrCl2N2O5S. The van der Waals surface area contributed by atoms with E-state index in [1.807, 2.05) is 42.5 Å². The Labute approximate surface area is 244 Å². The van der Waals surface area contributed by atoms with Crippen molar-refractivity contribution in [3.8, 4) is 11.1 Å². The first kappa shape index (κ1) is 28.6. The summed E-state index contributed by atoms with van der Waals surface area (Å²) in [5.74, 6) is -2.00. The fraction of sp³-hybridized carbons (Fsp3) is 0.0714. The highest BCUT2D eigenvalue weighted by atomic mass is 79.9. The maximum atomic E-state index is 13.2. The minimum Gasteiger partial charge on any atom is -0.480 e. The molecule has 0 aromatic heterocycles. The summed E-state index contributed by atoms with van der Waals surface area (Å²) in [6.45, 7) is 0. The number of nitrogens with one attached hydrogen (secondary N) is 2. The van der Waals surface area contributed by atoms with Crippen molar-refractivity contribution in [1.82, 2.24) is 5.32 Å². The van der Waals surface area contributed by atoms with E-state index in [9.17, 15) is 23.1 Å². The number of benzene rings is 4. The van der Waals surface area contributed by atoms with Crippen LogP contribution in [0, 0.1) is 0 Å². The summed E-state index contributed by atoms with van der Waals surface area (Å²) in [4.78, 5) is 25.1. The highest BCUT2D eigenvalue weighted by Gasteiger charge is 2.25. The van der Waals surface area contributed by atoms with Gasteiger partial charge in [-0.05, 0) is 53.1 Å². The zero-order valence-corrected chi connectivity index (χ0v) is 24.0. The molecule has 0 spiro atoms. The van der Waals surface area contributed by atoms with E-state index >= 15 is 0 Å². The van der Waals surface area contributed by atoms with Crippen LogP contribution in [-0.4, -0.2) is 31.4 Å². The van der Waals surface area contributed by atoms with Crippen molar-refractivity contribution in [2.45, 2.75) is 17.4 Å². The average Bonchev–Trinajstić information content (AvgIpc) is 2.91. The standard InChI is InChI=1S/C28H21BrCl2N2O5S/c29-20-10-13-25(33-39(37,38)21-11-12-23(30)24(31)16-21)22(15-20)27(34)32-26(28(35)36)14-17-6-8-19(9-7-17)18-4-2-1-3-5-18/h1-13,15-16,26,33H,14H2,(H,32,34)(H,35,36)/t26-/m0/s1. The lowest BCUT2D eigenvalue weighted by Gasteiger charge is -2.18. The van der Waals surface area contributed by atoms with Crippen LogP contribution in [0.1, 0.15) is 15.9 Å². The van der Waals surface area contributed by atoms with Gasteiger partial charge in [0.15, 0.2) is 0 Å². The molecule has 0 bridgehead atoms. The molecule has 0 saturated heterocycles. The van der Waals surface area contributed by atoms with Crippen molar-refractivity contribution in [3.05, 3.63) is 117 Å². The van der Waals surface area contributed by atoms with Gasteiger partial charge in [0.25, 0.3) is 15.9 Å². The molecule has 3 N–H and O–H groups in total. The van der Waals surface area contributed by atoms with Gasteiger partial charge in [0.05, 0.1) is 26.2 Å². The van der Waals surface area contributed by atoms with E-state index in [2.05, 4.69) is 26.0 Å². The Morgan fingerprint density at radius 1 is 0.846 bits per heavy atom. The van der Waals surface area contributed by atoms with Crippen LogP contribution in [0.25, 0.3) is 11.1 Å². The molecule has 0 aliphatic rings. The van der Waals surface area contributed by atoms with Gasteiger partial charge in [0.1, 0.15) is 6.04 Å². The summed E-state index contributed by atoms with van der Waals surface area (Å²) < 4.78 is 28.8. The number of carbonyl (C=O) groups is 2. The molecule has 1 amide bonds. The zero-order valence-electron chi connectivity index (χ0n) is 20.1. The molecule has 4 aromatic rings. The molecule has 7 nitrogen and oxygen atoms in total. The minimum atomic E-state index is -4.15. The van der Waals surface area contributed by atoms with Crippen molar-refractivity contribution < 1.29 is 23.1 Å². The molecule has 0 heterocycles. The summed E-state index contributed by atoms with van der Waals surface area (Å²) in [6, 6.07) is 24.0. The Hall–Kier alpha value is -3.37. The van der Waals surface area contributed by atoms with E-state index in [0.29, 0.717) is 10.0 Å². The van der Waals surface area contributed by atoms with Gasteiger partial charge in [0, 0.05) is 10.9 Å². The molecule has 0 radical (unpaired) electrons. The first-order valence-corrected chi connectivity index (χ1v) is 14.5. The normalized spacial score (nSPS) is 12.0. The predicted molar refractivity (Wildman–Crippen MR) is 156 cm³/mol. The van der Waals surface area contributed by atoms with Crippen LogP contribution in [0.3, 0.4) is 0 Å². The lowest BCUT2D eigenvalue weighted by atomic mass is 10.0. The Bertz CT molecular complexity index is 1630. The van der Waals surface area contributed by atoms with E-state index in [1.165, 1.54) is 30.3 Å². The number of carboxylic acid groups (broad SMARTS) is 1. The van der Waals surface area contributed by atoms with Crippen LogP contribution in [0.4, 0.5) is 5.69 Å². The molecule has 0 aliphatic carbocycles. The minimum absolute atomic E-state index is 0.0223. The molecule has 0 aliphatic heterocycles. The quantitative estimate of drug-likeness (QED) is 0.188. The second kappa shape index (κ2) is 12.2. The Kier molecular flexibility index (Phi) is 8.97. The number of rotatable bonds is 9. The Morgan fingerprint density at radius 3 is 2.15 bits per heavy atom. The lowest BCUT2D eigenvalue weighted by molar-refractivity contribution is -0.139. The number of sulfonamides is 1. The fourth-order valence-electron chi connectivity index (χ4n) is 3.78. The molecule has 4 rings (SSSR count). The molecule has 200 valence electrons. The largest absolute Gasteiger partial charge is 0.480 e. The van der Waals surface area contributed by atoms with Gasteiger partial charge in [-0.3, -0.25) is 9.52 Å². The maximum absolute atomic E-state index is 13.2. The zero-order chi connectivity index (χ0) is 28.2. The van der Waals surface area contributed by atoms with E-state index in [1.54, 1.807) is 18.2 Å². The first-order chi connectivity index (χ1) is 18.5. The van der Waals surface area contributed by atoms with Gasteiger partial charge < -0.3 is 10.4 Å². The van der Waals surface area contributed by atoms with E-state index in [0.717, 1.165) is 11.1 Å². The third-order valence-electron chi connectivity index (χ3n) is 5.78. The van der Waals surface area contributed by atoms with Crippen LogP contribution < -0.4 is 10.0 Å². The molecule has 11 heteroatoms. The van der Waals surface area contributed by atoms with Crippen LogP contribution in [0.15, 0.2) is 100 Å². The monoisotopic (exact) mass is 646 g/mol. The van der Waals surface area contributed by atoms with Gasteiger partial charge in [0.2, 0.25) is 0 Å². The number of anilines is 1. The summed E-state index contributed by atoms with van der Waals surface area (Å²) in [5.41, 5.74) is 2.59. The van der Waals surface area contributed by atoms with Crippen molar-refractivity contribution in [2.24, 2.45) is 0 Å². The van der Waals surface area contributed by atoms with Crippen LogP contribution in [-0.2, 0) is 21.2 Å². The second-order valence-corrected chi connectivity index (χ2v) is 11.9. The van der Waals surface area contributed by atoms with E-state index in [-0.39, 0.29) is 32.6 Å². The van der Waals surface area contributed by atoms with Crippen molar-refractivity contribution >= 4 is 66.7 Å². The summed E-state index contributed by atoms with van der Waals surface area (Å²) >= 11 is 15.1. The van der Waals surface area contributed by atoms with Crippen molar-refractivity contribution in [3.63, 3.8) is 0 Å². The molecular weight excluding hydrogens is 627 g/mol. The van der Waals surface area contributed by atoms with Gasteiger partial charge in [-0.2, -0.15) is 0 Å². The van der Waals surface area contributed by atoms with Gasteiger partial charge >= 0.3 is 5.97 Å². The molecule has 0 fully saturated rings. The third kappa shape index (κ3) is 7.19. The SMILES string of the molecule is O=C(N[C@@H](Cc1ccc(-c2ccccc2)cc1)C(=O)O)c1cc(Br)ccc1NS(=O)(=O)c1ccc(Cl)c(Cl)c1. The number of carbonyl (C=O) groups excluding carboxylic acids is 1. The number of carboxylic acids is 1. The average molecular weight is 648 g/mol. The molecule has 0 saturated carbocycles. The van der Waals surface area contributed by atoms with Crippen LogP contribution in [0.2, 0.25) is 10.0 Å². The van der Waals surface area contributed by atoms with Crippen molar-refractivity contribution in [1.29, 1.82) is 0 Å². The van der Waals surface area contributed by atoms with Crippen LogP contribution in [0.5, 0.6) is 0 Å². The molecule has 1 atom stereocenters. The number of halogens is 3. The second-order valence-electron chi connectivity index (χ2n) is 8.50. The predicted octanol–water partition coefficient (Wildman–Crippen LogP) is 6.65. The molecule has 39 heavy (non-hydrogen) atoms. The Balaban J connectivity index is 1.54. The summed E-state index contributed by atoms with van der Waals surface area (Å²) in [6.07, 6.45) is 0.0223. The Morgan fingerprint density at radius 2 is 1.51 bits per heavy atom. The highest BCUT2D eigenvalue weighted by Crippen LogP contribution is 2.28. The topological polar surface area (TPSA) is 113 Å². The first-order valence-electron chi connectivity index (χ1n) is 11.5. The third-order valence-corrected chi connectivity index (χ3v) is 8.37. The lowest BCUT2D eigenvalue weighted by Crippen LogP contribution is -2.42. The van der Waals surface area contributed by atoms with E-state index < -0.39 is 27.9 Å². The number of hydrogen-bond donors (Lipinski definition) is 3. The van der Waals surface area contributed by atoms with Gasteiger partial charge in [-0.15, -0.1) is 0 Å².